The molecule has 0 aliphatic rings. The first-order chi connectivity index (χ1) is 8.34. The second-order valence-electron chi connectivity index (χ2n) is 3.35. The maximum absolute atomic E-state index is 11.5. The largest absolute Gasteiger partial charge is 0.338 e. The number of carbonyl (C=O) groups is 1. The summed E-state index contributed by atoms with van der Waals surface area (Å²) in [6.45, 7) is 0.560. The van der Waals surface area contributed by atoms with E-state index in [1.165, 1.54) is 17.7 Å². The molecule has 2 rings (SSSR count). The average molecular weight is 248 g/mol. The van der Waals surface area contributed by atoms with Crippen molar-refractivity contribution in [1.82, 2.24) is 15.3 Å². The molecule has 0 aliphatic heterocycles. The third kappa shape index (κ3) is 3.84. The van der Waals surface area contributed by atoms with Gasteiger partial charge in [-0.1, -0.05) is 0 Å². The summed E-state index contributed by atoms with van der Waals surface area (Å²) in [6.07, 6.45) is 5.69. The van der Waals surface area contributed by atoms with E-state index in [1.54, 1.807) is 12.4 Å². The maximum atomic E-state index is 11.5. The second-order valence-corrected chi connectivity index (χ2v) is 4.30. The summed E-state index contributed by atoms with van der Waals surface area (Å²) in [5, 5.41) is 8.27. The highest BCUT2D eigenvalue weighted by molar-refractivity contribution is 7.14. The molecular formula is C11H12N4OS. The molecule has 0 aliphatic carbocycles. The Morgan fingerprint density at radius 2 is 2.18 bits per heavy atom. The second kappa shape index (κ2) is 5.95. The molecule has 0 radical (unpaired) electrons. The van der Waals surface area contributed by atoms with Crippen molar-refractivity contribution in [2.24, 2.45) is 0 Å². The summed E-state index contributed by atoms with van der Waals surface area (Å²) in [5.41, 5.74) is 1.00. The van der Waals surface area contributed by atoms with E-state index < -0.39 is 0 Å². The predicted molar refractivity (Wildman–Crippen MR) is 67.1 cm³/mol. The molecule has 0 saturated carbocycles. The molecule has 2 heterocycles. The Bertz CT molecular complexity index is 458. The number of nitrogens with one attached hydrogen (secondary N) is 2. The number of aromatic nitrogens is 2. The Balaban J connectivity index is 1.70. The molecule has 88 valence electrons. The highest BCUT2D eigenvalue weighted by Gasteiger charge is 2.01. The van der Waals surface area contributed by atoms with E-state index in [0.29, 0.717) is 6.54 Å². The molecule has 2 aromatic rings. The molecule has 6 heteroatoms. The summed E-state index contributed by atoms with van der Waals surface area (Å²) in [7, 11) is 0. The zero-order valence-electron chi connectivity index (χ0n) is 9.09. The number of carbonyl (C=O) groups excluding carboxylic acids is 1. The number of urea groups is 1. The number of anilines is 1. The van der Waals surface area contributed by atoms with Crippen LogP contribution in [0.4, 0.5) is 9.80 Å². The SMILES string of the molecule is O=C(NCCc1cncnc1)Nc1cccs1. The van der Waals surface area contributed by atoms with Crippen molar-refractivity contribution in [3.63, 3.8) is 0 Å². The minimum atomic E-state index is -0.190. The van der Waals surface area contributed by atoms with Gasteiger partial charge in [0.25, 0.3) is 0 Å². The normalized spacial score (nSPS) is 9.88. The van der Waals surface area contributed by atoms with E-state index in [9.17, 15) is 4.79 Å². The maximum Gasteiger partial charge on any atom is 0.319 e. The van der Waals surface area contributed by atoms with Crippen molar-refractivity contribution < 1.29 is 4.79 Å². The van der Waals surface area contributed by atoms with E-state index in [1.807, 2.05) is 17.5 Å². The number of amides is 2. The lowest BCUT2D eigenvalue weighted by Gasteiger charge is -2.05. The first-order valence-electron chi connectivity index (χ1n) is 5.17. The molecule has 0 spiro atoms. The fourth-order valence-electron chi connectivity index (χ4n) is 1.29. The number of thiophene rings is 1. The lowest BCUT2D eigenvalue weighted by molar-refractivity contribution is 0.252. The van der Waals surface area contributed by atoms with Crippen LogP contribution in [0.15, 0.2) is 36.2 Å². The molecule has 0 saturated heterocycles. The average Bonchev–Trinajstić information content (AvgIpc) is 2.83. The molecule has 5 nitrogen and oxygen atoms in total. The van der Waals surface area contributed by atoms with E-state index in [2.05, 4.69) is 20.6 Å². The van der Waals surface area contributed by atoms with Gasteiger partial charge in [0.2, 0.25) is 0 Å². The first-order valence-corrected chi connectivity index (χ1v) is 6.05. The number of rotatable bonds is 4. The van der Waals surface area contributed by atoms with Crippen LogP contribution in [-0.2, 0) is 6.42 Å². The van der Waals surface area contributed by atoms with Gasteiger partial charge in [-0.3, -0.25) is 5.32 Å². The standard InChI is InChI=1S/C11H12N4OS/c16-11(15-10-2-1-5-17-10)14-4-3-9-6-12-8-13-7-9/h1-2,5-8H,3-4H2,(H2,14,15,16). The van der Waals surface area contributed by atoms with Crippen LogP contribution in [0.1, 0.15) is 5.56 Å². The van der Waals surface area contributed by atoms with Crippen LogP contribution in [-0.4, -0.2) is 22.5 Å². The molecule has 2 aromatic heterocycles. The molecule has 2 amide bonds. The molecule has 0 unspecified atom stereocenters. The van der Waals surface area contributed by atoms with Gasteiger partial charge >= 0.3 is 6.03 Å². The Morgan fingerprint density at radius 1 is 1.35 bits per heavy atom. The minimum Gasteiger partial charge on any atom is -0.338 e. The van der Waals surface area contributed by atoms with Crippen LogP contribution < -0.4 is 10.6 Å². The van der Waals surface area contributed by atoms with Gasteiger partial charge in [0, 0.05) is 18.9 Å². The highest BCUT2D eigenvalue weighted by atomic mass is 32.1. The Hall–Kier alpha value is -1.95. The molecule has 0 bridgehead atoms. The van der Waals surface area contributed by atoms with Gasteiger partial charge in [-0.05, 0) is 29.5 Å². The molecule has 0 atom stereocenters. The third-order valence-corrected chi connectivity index (χ3v) is 2.86. The first kappa shape index (κ1) is 11.5. The quantitative estimate of drug-likeness (QED) is 0.868. The number of nitrogens with zero attached hydrogens (tertiary/aromatic N) is 2. The van der Waals surface area contributed by atoms with Gasteiger partial charge in [0.05, 0.1) is 5.00 Å². The van der Waals surface area contributed by atoms with Gasteiger partial charge < -0.3 is 5.32 Å². The van der Waals surface area contributed by atoms with Crippen molar-refractivity contribution in [3.05, 3.63) is 41.8 Å². The zero-order chi connectivity index (χ0) is 11.9. The molecule has 17 heavy (non-hydrogen) atoms. The predicted octanol–water partition coefficient (Wildman–Crippen LogP) is 1.90. The van der Waals surface area contributed by atoms with Crippen molar-refractivity contribution in [2.45, 2.75) is 6.42 Å². The lowest BCUT2D eigenvalue weighted by atomic mass is 10.2. The van der Waals surface area contributed by atoms with Gasteiger partial charge in [0.1, 0.15) is 6.33 Å². The van der Waals surface area contributed by atoms with Gasteiger partial charge in [0.15, 0.2) is 0 Å². The molecule has 0 aromatic carbocycles. The minimum absolute atomic E-state index is 0.190. The Morgan fingerprint density at radius 3 is 2.88 bits per heavy atom. The van der Waals surface area contributed by atoms with Crippen LogP contribution in [0.3, 0.4) is 0 Å². The summed E-state index contributed by atoms with van der Waals surface area (Å²) in [5.74, 6) is 0. The van der Waals surface area contributed by atoms with Crippen molar-refractivity contribution in [2.75, 3.05) is 11.9 Å². The van der Waals surface area contributed by atoms with Gasteiger partial charge in [-0.25, -0.2) is 14.8 Å². The highest BCUT2D eigenvalue weighted by Crippen LogP contribution is 2.14. The van der Waals surface area contributed by atoms with Gasteiger partial charge in [-0.2, -0.15) is 0 Å². The third-order valence-electron chi connectivity index (χ3n) is 2.07. The van der Waals surface area contributed by atoms with Crippen molar-refractivity contribution in [3.8, 4) is 0 Å². The topological polar surface area (TPSA) is 66.9 Å². The van der Waals surface area contributed by atoms with Crippen LogP contribution in [0, 0.1) is 0 Å². The van der Waals surface area contributed by atoms with E-state index in [0.717, 1.165) is 17.0 Å². The van der Waals surface area contributed by atoms with Crippen LogP contribution in [0.25, 0.3) is 0 Å². The summed E-state index contributed by atoms with van der Waals surface area (Å²) in [4.78, 5) is 19.3. The van der Waals surface area contributed by atoms with Crippen LogP contribution >= 0.6 is 11.3 Å². The lowest BCUT2D eigenvalue weighted by Crippen LogP contribution is -2.30. The van der Waals surface area contributed by atoms with E-state index in [4.69, 9.17) is 0 Å². The zero-order valence-corrected chi connectivity index (χ0v) is 9.91. The van der Waals surface area contributed by atoms with Crippen LogP contribution in [0.2, 0.25) is 0 Å². The van der Waals surface area contributed by atoms with Crippen molar-refractivity contribution >= 4 is 22.4 Å². The monoisotopic (exact) mass is 248 g/mol. The molecular weight excluding hydrogens is 236 g/mol. The molecule has 2 N–H and O–H groups in total. The van der Waals surface area contributed by atoms with Gasteiger partial charge in [-0.15, -0.1) is 11.3 Å². The number of hydrogen-bond acceptors (Lipinski definition) is 4. The Kier molecular flexibility index (Phi) is 4.04. The fourth-order valence-corrected chi connectivity index (χ4v) is 1.90. The van der Waals surface area contributed by atoms with Crippen LogP contribution in [0.5, 0.6) is 0 Å². The van der Waals surface area contributed by atoms with E-state index >= 15 is 0 Å². The Labute approximate surface area is 103 Å². The summed E-state index contributed by atoms with van der Waals surface area (Å²) >= 11 is 1.49. The number of hydrogen-bond donors (Lipinski definition) is 2. The fraction of sp³-hybridized carbons (Fsp3) is 0.182. The smallest absolute Gasteiger partial charge is 0.319 e. The summed E-state index contributed by atoms with van der Waals surface area (Å²) < 4.78 is 0. The van der Waals surface area contributed by atoms with E-state index in [-0.39, 0.29) is 6.03 Å². The summed E-state index contributed by atoms with van der Waals surface area (Å²) in [6, 6.07) is 3.56. The molecule has 0 fully saturated rings. The van der Waals surface area contributed by atoms with Crippen molar-refractivity contribution in [1.29, 1.82) is 0 Å².